The predicted octanol–water partition coefficient (Wildman–Crippen LogP) is 5.11. The molecular formula is C19H18BrN. The Morgan fingerprint density at radius 1 is 0.905 bits per heavy atom. The number of likely N-dealkylation sites (N-methyl/N-ethyl adjacent to an activating group) is 1. The van der Waals surface area contributed by atoms with Crippen molar-refractivity contribution in [3.8, 4) is 0 Å². The zero-order valence-electron chi connectivity index (χ0n) is 12.0. The van der Waals surface area contributed by atoms with E-state index < -0.39 is 0 Å². The Kier molecular flexibility index (Phi) is 4.37. The minimum Gasteiger partial charge on any atom is -0.313 e. The van der Waals surface area contributed by atoms with Gasteiger partial charge in [0.1, 0.15) is 0 Å². The summed E-state index contributed by atoms with van der Waals surface area (Å²) in [6, 6.07) is 23.8. The van der Waals surface area contributed by atoms with Gasteiger partial charge in [-0.2, -0.15) is 0 Å². The molecular weight excluding hydrogens is 322 g/mol. The van der Waals surface area contributed by atoms with E-state index in [-0.39, 0.29) is 0 Å². The first kappa shape index (κ1) is 14.3. The van der Waals surface area contributed by atoms with E-state index >= 15 is 0 Å². The van der Waals surface area contributed by atoms with Crippen LogP contribution in [0.25, 0.3) is 10.8 Å². The van der Waals surface area contributed by atoms with Crippen molar-refractivity contribution >= 4 is 26.7 Å². The number of fused-ring (bicyclic) bond motifs is 1. The van der Waals surface area contributed by atoms with Gasteiger partial charge in [-0.05, 0) is 41.4 Å². The summed E-state index contributed by atoms with van der Waals surface area (Å²) in [4.78, 5) is 0. The second-order valence-electron chi connectivity index (χ2n) is 5.21. The Morgan fingerprint density at radius 3 is 2.43 bits per heavy atom. The molecule has 0 aromatic heterocycles. The lowest BCUT2D eigenvalue weighted by Gasteiger charge is -2.19. The van der Waals surface area contributed by atoms with Gasteiger partial charge in [-0.25, -0.2) is 0 Å². The molecule has 1 unspecified atom stereocenters. The van der Waals surface area contributed by atoms with Crippen molar-refractivity contribution in [3.05, 3.63) is 82.3 Å². The number of hydrogen-bond donors (Lipinski definition) is 1. The molecule has 0 saturated carbocycles. The van der Waals surface area contributed by atoms with Crippen molar-refractivity contribution in [3.63, 3.8) is 0 Å². The summed E-state index contributed by atoms with van der Waals surface area (Å²) in [5.74, 6) is 0. The van der Waals surface area contributed by atoms with Gasteiger partial charge in [0, 0.05) is 10.5 Å². The third-order valence-electron chi connectivity index (χ3n) is 3.93. The van der Waals surface area contributed by atoms with Crippen LogP contribution in [0.4, 0.5) is 0 Å². The lowest BCUT2D eigenvalue weighted by atomic mass is 9.95. The van der Waals surface area contributed by atoms with E-state index in [1.165, 1.54) is 21.9 Å². The van der Waals surface area contributed by atoms with Crippen LogP contribution in [-0.2, 0) is 6.42 Å². The van der Waals surface area contributed by atoms with Crippen molar-refractivity contribution < 1.29 is 0 Å². The maximum atomic E-state index is 3.66. The van der Waals surface area contributed by atoms with Crippen LogP contribution in [-0.4, -0.2) is 7.05 Å². The molecule has 1 nitrogen and oxygen atoms in total. The quantitative estimate of drug-likeness (QED) is 0.696. The summed E-state index contributed by atoms with van der Waals surface area (Å²) in [5, 5.41) is 6.09. The molecule has 0 spiro atoms. The number of nitrogens with one attached hydrogen (secondary N) is 1. The molecule has 1 N–H and O–H groups in total. The van der Waals surface area contributed by atoms with E-state index in [1.807, 2.05) is 7.05 Å². The third kappa shape index (κ3) is 3.02. The summed E-state index contributed by atoms with van der Waals surface area (Å²) in [7, 11) is 2.02. The summed E-state index contributed by atoms with van der Waals surface area (Å²) >= 11 is 3.66. The van der Waals surface area contributed by atoms with Crippen LogP contribution in [0.3, 0.4) is 0 Å². The van der Waals surface area contributed by atoms with Crippen molar-refractivity contribution in [1.29, 1.82) is 0 Å². The fourth-order valence-corrected chi connectivity index (χ4v) is 3.38. The van der Waals surface area contributed by atoms with Gasteiger partial charge in [0.05, 0.1) is 0 Å². The average molecular weight is 340 g/mol. The van der Waals surface area contributed by atoms with E-state index in [1.54, 1.807) is 0 Å². The van der Waals surface area contributed by atoms with Gasteiger partial charge in [0.2, 0.25) is 0 Å². The number of benzene rings is 3. The SMILES string of the molecule is CNC(Cc1cccc2ccccc12)c1ccccc1Br. The first-order chi connectivity index (χ1) is 10.3. The lowest BCUT2D eigenvalue weighted by molar-refractivity contribution is 0.591. The molecule has 0 aliphatic heterocycles. The summed E-state index contributed by atoms with van der Waals surface area (Å²) in [6.07, 6.45) is 0.973. The van der Waals surface area contributed by atoms with Crippen LogP contribution in [0.5, 0.6) is 0 Å². The topological polar surface area (TPSA) is 12.0 Å². The highest BCUT2D eigenvalue weighted by Gasteiger charge is 2.14. The number of hydrogen-bond acceptors (Lipinski definition) is 1. The average Bonchev–Trinajstić information content (AvgIpc) is 2.53. The van der Waals surface area contributed by atoms with Gasteiger partial charge in [-0.15, -0.1) is 0 Å². The zero-order valence-corrected chi connectivity index (χ0v) is 13.6. The standard InChI is InChI=1S/C19H18BrN/c1-21-19(17-11-4-5-12-18(17)20)13-15-9-6-8-14-7-2-3-10-16(14)15/h2-12,19,21H,13H2,1H3. The van der Waals surface area contributed by atoms with E-state index in [2.05, 4.69) is 88.0 Å². The van der Waals surface area contributed by atoms with Crippen molar-refractivity contribution in [2.45, 2.75) is 12.5 Å². The maximum absolute atomic E-state index is 3.66. The Balaban J connectivity index is 1.98. The minimum absolute atomic E-state index is 0.298. The molecule has 3 aromatic rings. The predicted molar refractivity (Wildman–Crippen MR) is 93.6 cm³/mol. The highest BCUT2D eigenvalue weighted by atomic mass is 79.9. The normalized spacial score (nSPS) is 12.5. The van der Waals surface area contributed by atoms with Gasteiger partial charge in [-0.3, -0.25) is 0 Å². The largest absolute Gasteiger partial charge is 0.313 e. The summed E-state index contributed by atoms with van der Waals surface area (Å²) in [5.41, 5.74) is 2.68. The van der Waals surface area contributed by atoms with Crippen LogP contribution < -0.4 is 5.32 Å². The molecule has 0 aliphatic carbocycles. The Bertz CT molecular complexity index is 746. The second-order valence-corrected chi connectivity index (χ2v) is 6.06. The smallest absolute Gasteiger partial charge is 0.0369 e. The monoisotopic (exact) mass is 339 g/mol. The highest BCUT2D eigenvalue weighted by Crippen LogP contribution is 2.28. The van der Waals surface area contributed by atoms with Gasteiger partial charge in [0.15, 0.2) is 0 Å². The van der Waals surface area contributed by atoms with E-state index in [9.17, 15) is 0 Å². The zero-order chi connectivity index (χ0) is 14.7. The molecule has 3 aromatic carbocycles. The van der Waals surface area contributed by atoms with Crippen LogP contribution in [0.1, 0.15) is 17.2 Å². The van der Waals surface area contributed by atoms with E-state index in [0.29, 0.717) is 6.04 Å². The van der Waals surface area contributed by atoms with Crippen LogP contribution in [0.2, 0.25) is 0 Å². The summed E-state index contributed by atoms with van der Waals surface area (Å²) in [6.45, 7) is 0. The van der Waals surface area contributed by atoms with E-state index in [4.69, 9.17) is 0 Å². The van der Waals surface area contributed by atoms with Crippen LogP contribution >= 0.6 is 15.9 Å². The molecule has 0 heterocycles. The molecule has 0 bridgehead atoms. The molecule has 106 valence electrons. The van der Waals surface area contributed by atoms with Crippen molar-refractivity contribution in [2.75, 3.05) is 7.05 Å². The lowest BCUT2D eigenvalue weighted by Crippen LogP contribution is -2.19. The van der Waals surface area contributed by atoms with Gasteiger partial charge in [-0.1, -0.05) is 76.6 Å². The van der Waals surface area contributed by atoms with Gasteiger partial charge in [0.25, 0.3) is 0 Å². The first-order valence-electron chi connectivity index (χ1n) is 7.18. The minimum atomic E-state index is 0.298. The van der Waals surface area contributed by atoms with Crippen molar-refractivity contribution in [2.24, 2.45) is 0 Å². The third-order valence-corrected chi connectivity index (χ3v) is 4.66. The molecule has 3 rings (SSSR count). The maximum Gasteiger partial charge on any atom is 0.0369 e. The van der Waals surface area contributed by atoms with Crippen LogP contribution in [0.15, 0.2) is 71.2 Å². The molecule has 0 radical (unpaired) electrons. The summed E-state index contributed by atoms with van der Waals surface area (Å²) < 4.78 is 1.16. The molecule has 0 fully saturated rings. The van der Waals surface area contributed by atoms with Gasteiger partial charge >= 0.3 is 0 Å². The Labute approximate surface area is 134 Å². The van der Waals surface area contributed by atoms with Crippen molar-refractivity contribution in [1.82, 2.24) is 5.32 Å². The molecule has 0 saturated heterocycles. The highest BCUT2D eigenvalue weighted by molar-refractivity contribution is 9.10. The fourth-order valence-electron chi connectivity index (χ4n) is 2.82. The molecule has 1 atom stereocenters. The molecule has 2 heteroatoms. The number of halogens is 1. The molecule has 21 heavy (non-hydrogen) atoms. The Morgan fingerprint density at radius 2 is 1.62 bits per heavy atom. The van der Waals surface area contributed by atoms with Crippen LogP contribution in [0, 0.1) is 0 Å². The molecule has 0 amide bonds. The number of rotatable bonds is 4. The second kappa shape index (κ2) is 6.42. The first-order valence-corrected chi connectivity index (χ1v) is 7.97. The fraction of sp³-hybridized carbons (Fsp3) is 0.158. The Hall–Kier alpha value is -1.64. The molecule has 0 aliphatic rings. The van der Waals surface area contributed by atoms with Gasteiger partial charge < -0.3 is 5.32 Å². The van der Waals surface area contributed by atoms with E-state index in [0.717, 1.165) is 10.9 Å².